The summed E-state index contributed by atoms with van der Waals surface area (Å²) in [6.45, 7) is 0. The first-order valence-corrected chi connectivity index (χ1v) is 11.6. The van der Waals surface area contributed by atoms with E-state index in [0.717, 1.165) is 20.8 Å². The van der Waals surface area contributed by atoms with Crippen molar-refractivity contribution in [2.75, 3.05) is 19.5 Å². The highest BCUT2D eigenvalue weighted by molar-refractivity contribution is 7.80. The Kier molecular flexibility index (Phi) is 6.99. The molecule has 1 aromatic heterocycles. The number of ether oxygens (including phenoxy) is 2. The Labute approximate surface area is 209 Å². The van der Waals surface area contributed by atoms with E-state index in [1.807, 2.05) is 42.5 Å². The largest absolute Gasteiger partial charge is 0.495 e. The van der Waals surface area contributed by atoms with Crippen molar-refractivity contribution in [2.45, 2.75) is 0 Å². The fraction of sp³-hybridized carbons (Fsp3) is 0.0870. The average molecular weight is 518 g/mol. The van der Waals surface area contributed by atoms with Crippen LogP contribution in [-0.2, 0) is 0 Å². The van der Waals surface area contributed by atoms with Gasteiger partial charge < -0.3 is 14.8 Å². The Bertz CT molecular complexity index is 1340. The van der Waals surface area contributed by atoms with Gasteiger partial charge in [-0.1, -0.05) is 35.3 Å². The summed E-state index contributed by atoms with van der Waals surface area (Å²) in [4.78, 5) is 17.5. The molecule has 0 saturated heterocycles. The molecule has 0 unspecified atom stereocenters. The smallest absolute Gasteiger partial charge is 0.261 e. The quantitative estimate of drug-likeness (QED) is 0.298. The number of nitrogens with zero attached hydrogens (tertiary/aromatic N) is 1. The Balaban J connectivity index is 1.57. The molecule has 0 bridgehead atoms. The highest BCUT2D eigenvalue weighted by Crippen LogP contribution is 2.35. The first-order chi connectivity index (χ1) is 15.9. The van der Waals surface area contributed by atoms with E-state index in [0.29, 0.717) is 16.5 Å². The lowest BCUT2D eigenvalue weighted by Crippen LogP contribution is -2.34. The van der Waals surface area contributed by atoms with Gasteiger partial charge in [-0.15, -0.1) is 11.3 Å². The van der Waals surface area contributed by atoms with Crippen LogP contribution in [0.5, 0.6) is 11.5 Å². The number of thiocarbonyl (C=S) groups is 1. The molecular formula is C23H17Cl2N3O3S2. The minimum absolute atomic E-state index is 0.0675. The number of methoxy groups -OCH3 is 2. The standard InChI is InChI=1S/C23H17Cl2N3O3S2/c1-30-18-8-7-12(22-26-16-5-3-4-6-19(16)33-22)9-17(18)27-23(32)28-21(29)14-10-13(24)11-15(25)20(14)31-2/h3-11H,1-2H3,(H2,27,28,29,32). The number of carbonyl (C=O) groups is 1. The summed E-state index contributed by atoms with van der Waals surface area (Å²) in [6, 6.07) is 16.5. The van der Waals surface area contributed by atoms with E-state index in [1.165, 1.54) is 19.2 Å². The molecular weight excluding hydrogens is 501 g/mol. The first kappa shape index (κ1) is 23.3. The van der Waals surface area contributed by atoms with Crippen molar-refractivity contribution in [1.29, 1.82) is 0 Å². The van der Waals surface area contributed by atoms with Gasteiger partial charge in [-0.2, -0.15) is 0 Å². The van der Waals surface area contributed by atoms with Gasteiger partial charge in [0.25, 0.3) is 5.91 Å². The van der Waals surface area contributed by atoms with Crippen LogP contribution in [0.25, 0.3) is 20.8 Å². The highest BCUT2D eigenvalue weighted by atomic mass is 35.5. The number of amides is 1. The third-order valence-electron chi connectivity index (χ3n) is 4.67. The predicted octanol–water partition coefficient (Wildman–Crippen LogP) is 6.41. The van der Waals surface area contributed by atoms with Crippen LogP contribution in [0, 0.1) is 0 Å². The molecule has 4 rings (SSSR count). The zero-order valence-electron chi connectivity index (χ0n) is 17.4. The maximum Gasteiger partial charge on any atom is 0.261 e. The second-order valence-electron chi connectivity index (χ2n) is 6.78. The second-order valence-corrected chi connectivity index (χ2v) is 9.06. The van der Waals surface area contributed by atoms with Crippen LogP contribution in [0.2, 0.25) is 10.0 Å². The maximum atomic E-state index is 12.8. The van der Waals surface area contributed by atoms with Crippen molar-refractivity contribution < 1.29 is 14.3 Å². The number of thiazole rings is 1. The fourth-order valence-electron chi connectivity index (χ4n) is 3.19. The van der Waals surface area contributed by atoms with E-state index >= 15 is 0 Å². The zero-order chi connectivity index (χ0) is 23.5. The number of fused-ring (bicyclic) bond motifs is 1. The highest BCUT2D eigenvalue weighted by Gasteiger charge is 2.19. The normalized spacial score (nSPS) is 10.7. The summed E-state index contributed by atoms with van der Waals surface area (Å²) in [7, 11) is 2.97. The van der Waals surface area contributed by atoms with Gasteiger partial charge in [0.05, 0.1) is 40.7 Å². The number of carbonyl (C=O) groups excluding carboxylic acids is 1. The summed E-state index contributed by atoms with van der Waals surface area (Å²) in [5.74, 6) is 0.242. The van der Waals surface area contributed by atoms with Gasteiger partial charge in [0.2, 0.25) is 0 Å². The number of aromatic nitrogens is 1. The molecule has 0 fully saturated rings. The maximum absolute atomic E-state index is 12.8. The number of anilines is 1. The van der Waals surface area contributed by atoms with Crippen molar-refractivity contribution in [2.24, 2.45) is 0 Å². The van der Waals surface area contributed by atoms with E-state index in [1.54, 1.807) is 18.4 Å². The molecule has 2 N–H and O–H groups in total. The molecule has 1 amide bonds. The van der Waals surface area contributed by atoms with Gasteiger partial charge in [-0.25, -0.2) is 4.98 Å². The number of para-hydroxylation sites is 1. The van der Waals surface area contributed by atoms with Gasteiger partial charge in [0.15, 0.2) is 5.11 Å². The van der Waals surface area contributed by atoms with Crippen LogP contribution in [0.3, 0.4) is 0 Å². The fourth-order valence-corrected chi connectivity index (χ4v) is 4.93. The Hall–Kier alpha value is -2.91. The van der Waals surface area contributed by atoms with E-state index < -0.39 is 5.91 Å². The van der Waals surface area contributed by atoms with E-state index in [4.69, 9.17) is 49.9 Å². The molecule has 6 nitrogen and oxygen atoms in total. The van der Waals surface area contributed by atoms with Crippen molar-refractivity contribution >= 4 is 73.7 Å². The summed E-state index contributed by atoms with van der Waals surface area (Å²) < 4.78 is 11.8. The van der Waals surface area contributed by atoms with Gasteiger partial charge in [0.1, 0.15) is 16.5 Å². The number of rotatable bonds is 5. The van der Waals surface area contributed by atoms with Gasteiger partial charge >= 0.3 is 0 Å². The first-order valence-electron chi connectivity index (χ1n) is 9.59. The molecule has 0 spiro atoms. The van der Waals surface area contributed by atoms with E-state index in [9.17, 15) is 4.79 Å². The number of nitrogens with one attached hydrogen (secondary N) is 2. The Morgan fingerprint density at radius 1 is 1.06 bits per heavy atom. The van der Waals surface area contributed by atoms with Gasteiger partial charge in [-0.05, 0) is 54.7 Å². The zero-order valence-corrected chi connectivity index (χ0v) is 20.6. The lowest BCUT2D eigenvalue weighted by atomic mass is 10.2. The van der Waals surface area contributed by atoms with Crippen LogP contribution in [0.15, 0.2) is 54.6 Å². The number of hydrogen-bond acceptors (Lipinski definition) is 6. The lowest BCUT2D eigenvalue weighted by molar-refractivity contribution is 0.0974. The van der Waals surface area contributed by atoms with Gasteiger partial charge in [0, 0.05) is 10.6 Å². The SMILES string of the molecule is COc1ccc(-c2nc3ccccc3s2)cc1NC(=S)NC(=O)c1cc(Cl)cc(Cl)c1OC. The molecule has 33 heavy (non-hydrogen) atoms. The topological polar surface area (TPSA) is 72.5 Å². The van der Waals surface area contributed by atoms with Gasteiger partial charge in [-0.3, -0.25) is 10.1 Å². The van der Waals surface area contributed by atoms with Crippen LogP contribution >= 0.6 is 46.8 Å². The molecule has 0 atom stereocenters. The monoisotopic (exact) mass is 517 g/mol. The molecule has 0 aliphatic carbocycles. The molecule has 3 aromatic carbocycles. The van der Waals surface area contributed by atoms with Crippen molar-refractivity contribution in [1.82, 2.24) is 10.3 Å². The summed E-state index contributed by atoms with van der Waals surface area (Å²) >= 11 is 19.1. The number of halogens is 2. The Morgan fingerprint density at radius 2 is 1.85 bits per heavy atom. The molecule has 0 radical (unpaired) electrons. The molecule has 168 valence electrons. The predicted molar refractivity (Wildman–Crippen MR) is 138 cm³/mol. The molecule has 0 aliphatic rings. The molecule has 0 saturated carbocycles. The average Bonchev–Trinajstić information content (AvgIpc) is 3.23. The van der Waals surface area contributed by atoms with Crippen molar-refractivity contribution in [3.63, 3.8) is 0 Å². The van der Waals surface area contributed by atoms with Crippen molar-refractivity contribution in [3.05, 3.63) is 70.2 Å². The molecule has 10 heteroatoms. The number of benzene rings is 3. The molecule has 1 heterocycles. The van der Waals surface area contributed by atoms with Crippen LogP contribution < -0.4 is 20.1 Å². The van der Waals surface area contributed by atoms with Crippen LogP contribution in [0.1, 0.15) is 10.4 Å². The van der Waals surface area contributed by atoms with Crippen molar-refractivity contribution in [3.8, 4) is 22.1 Å². The van der Waals surface area contributed by atoms with E-state index in [2.05, 4.69) is 10.6 Å². The Morgan fingerprint density at radius 3 is 2.58 bits per heavy atom. The summed E-state index contributed by atoms with van der Waals surface area (Å²) in [5.41, 5.74) is 2.56. The third kappa shape index (κ3) is 5.04. The summed E-state index contributed by atoms with van der Waals surface area (Å²) in [5, 5.41) is 7.09. The molecule has 0 aliphatic heterocycles. The molecule has 4 aromatic rings. The van der Waals surface area contributed by atoms with Crippen LogP contribution in [-0.4, -0.2) is 30.2 Å². The lowest BCUT2D eigenvalue weighted by Gasteiger charge is -2.15. The second kappa shape index (κ2) is 9.93. The minimum Gasteiger partial charge on any atom is -0.495 e. The third-order valence-corrected chi connectivity index (χ3v) is 6.46. The summed E-state index contributed by atoms with van der Waals surface area (Å²) in [6.07, 6.45) is 0. The minimum atomic E-state index is -0.518. The van der Waals surface area contributed by atoms with Crippen LogP contribution in [0.4, 0.5) is 5.69 Å². The number of hydrogen-bond donors (Lipinski definition) is 2. The van der Waals surface area contributed by atoms with E-state index in [-0.39, 0.29) is 21.4 Å².